The molecule has 3 aromatic carbocycles. The Hall–Kier alpha value is -3.25. The normalized spacial score (nSPS) is 10.6. The average molecular weight is 437 g/mol. The highest BCUT2D eigenvalue weighted by molar-refractivity contribution is 9.10. The number of aryl methyl sites for hydroxylation is 1. The molecule has 0 fully saturated rings. The number of hydrogen-bond donors (Lipinski definition) is 1. The summed E-state index contributed by atoms with van der Waals surface area (Å²) in [5, 5.41) is 3.98. The van der Waals surface area contributed by atoms with Crippen LogP contribution in [0.2, 0.25) is 0 Å². The summed E-state index contributed by atoms with van der Waals surface area (Å²) in [6.07, 6.45) is 1.43. The average Bonchev–Trinajstić information content (AvgIpc) is 2.70. The Morgan fingerprint density at radius 3 is 2.46 bits per heavy atom. The van der Waals surface area contributed by atoms with Gasteiger partial charge in [-0.2, -0.15) is 5.10 Å². The first-order valence-corrected chi connectivity index (χ1v) is 9.29. The molecular formula is C22H17BrN2O3. The van der Waals surface area contributed by atoms with Crippen LogP contribution in [0.15, 0.2) is 82.4 Å². The second-order valence-corrected chi connectivity index (χ2v) is 6.92. The van der Waals surface area contributed by atoms with Gasteiger partial charge in [-0.05, 0) is 49.4 Å². The van der Waals surface area contributed by atoms with Gasteiger partial charge < -0.3 is 4.74 Å². The summed E-state index contributed by atoms with van der Waals surface area (Å²) in [6, 6.07) is 21.1. The molecule has 0 aliphatic rings. The fourth-order valence-electron chi connectivity index (χ4n) is 2.46. The Labute approximate surface area is 171 Å². The number of rotatable bonds is 5. The second kappa shape index (κ2) is 9.10. The number of halogens is 1. The third-order valence-corrected chi connectivity index (χ3v) is 4.33. The first kappa shape index (κ1) is 19.5. The minimum absolute atomic E-state index is 0.329. The van der Waals surface area contributed by atoms with Crippen LogP contribution in [-0.4, -0.2) is 18.1 Å². The van der Waals surface area contributed by atoms with E-state index in [-0.39, 0.29) is 5.91 Å². The zero-order valence-electron chi connectivity index (χ0n) is 15.1. The lowest BCUT2D eigenvalue weighted by Crippen LogP contribution is -2.17. The van der Waals surface area contributed by atoms with Crippen molar-refractivity contribution in [3.05, 3.63) is 99.5 Å². The van der Waals surface area contributed by atoms with Gasteiger partial charge in [-0.1, -0.05) is 51.8 Å². The van der Waals surface area contributed by atoms with Crippen molar-refractivity contribution in [3.8, 4) is 5.75 Å². The number of carbonyl (C=O) groups is 2. The van der Waals surface area contributed by atoms with Crippen LogP contribution in [0.4, 0.5) is 0 Å². The lowest BCUT2D eigenvalue weighted by molar-refractivity contribution is 0.0734. The van der Waals surface area contributed by atoms with Crippen LogP contribution in [0.3, 0.4) is 0 Å². The molecule has 0 spiro atoms. The minimum Gasteiger partial charge on any atom is -0.422 e. The van der Waals surface area contributed by atoms with Gasteiger partial charge in [0.2, 0.25) is 0 Å². The molecule has 0 heterocycles. The van der Waals surface area contributed by atoms with Gasteiger partial charge >= 0.3 is 5.97 Å². The van der Waals surface area contributed by atoms with Crippen molar-refractivity contribution >= 4 is 34.0 Å². The summed E-state index contributed by atoms with van der Waals surface area (Å²) in [7, 11) is 0. The van der Waals surface area contributed by atoms with E-state index in [0.717, 1.165) is 10.0 Å². The smallest absolute Gasteiger partial charge is 0.343 e. The molecule has 0 atom stereocenters. The first-order valence-electron chi connectivity index (χ1n) is 8.50. The number of hydrogen-bond acceptors (Lipinski definition) is 4. The molecule has 0 aliphatic heterocycles. The summed E-state index contributed by atoms with van der Waals surface area (Å²) >= 11 is 3.39. The molecule has 0 saturated carbocycles. The van der Waals surface area contributed by atoms with Crippen LogP contribution in [0.1, 0.15) is 31.8 Å². The van der Waals surface area contributed by atoms with Crippen molar-refractivity contribution in [3.63, 3.8) is 0 Å². The third kappa shape index (κ3) is 5.14. The van der Waals surface area contributed by atoms with E-state index in [9.17, 15) is 9.59 Å². The van der Waals surface area contributed by atoms with Gasteiger partial charge in [-0.3, -0.25) is 4.79 Å². The fourth-order valence-corrected chi connectivity index (χ4v) is 2.84. The molecule has 5 nitrogen and oxygen atoms in total. The summed E-state index contributed by atoms with van der Waals surface area (Å²) < 4.78 is 6.31. The summed E-state index contributed by atoms with van der Waals surface area (Å²) in [5.74, 6) is -0.452. The van der Waals surface area contributed by atoms with E-state index < -0.39 is 5.97 Å². The van der Waals surface area contributed by atoms with Gasteiger partial charge in [-0.25, -0.2) is 10.2 Å². The van der Waals surface area contributed by atoms with Crippen LogP contribution < -0.4 is 10.2 Å². The number of nitrogens with one attached hydrogen (secondary N) is 1. The van der Waals surface area contributed by atoms with Gasteiger partial charge in [0, 0.05) is 15.6 Å². The van der Waals surface area contributed by atoms with E-state index in [4.69, 9.17) is 4.74 Å². The van der Waals surface area contributed by atoms with Crippen LogP contribution in [0.5, 0.6) is 5.75 Å². The van der Waals surface area contributed by atoms with E-state index in [1.54, 1.807) is 60.7 Å². The molecular weight excluding hydrogens is 420 g/mol. The number of hydrazone groups is 1. The predicted molar refractivity (Wildman–Crippen MR) is 112 cm³/mol. The molecule has 28 heavy (non-hydrogen) atoms. The van der Waals surface area contributed by atoms with Crippen molar-refractivity contribution in [2.24, 2.45) is 5.10 Å². The van der Waals surface area contributed by atoms with Crippen LogP contribution in [0, 0.1) is 6.92 Å². The maximum Gasteiger partial charge on any atom is 0.343 e. The highest BCUT2D eigenvalue weighted by Gasteiger charge is 2.12. The SMILES string of the molecule is Cc1cccc(C(=O)Oc2ccc(Br)cc2/C=N\NC(=O)c2ccccc2)c1. The lowest BCUT2D eigenvalue weighted by atomic mass is 10.1. The maximum absolute atomic E-state index is 12.4. The standard InChI is InChI=1S/C22H17BrN2O3/c1-15-6-5-9-17(12-15)22(27)28-20-11-10-19(23)13-18(20)14-24-25-21(26)16-7-3-2-4-8-16/h2-14H,1H3,(H,25,26)/b24-14-. The largest absolute Gasteiger partial charge is 0.422 e. The molecule has 3 aromatic rings. The Morgan fingerprint density at radius 2 is 1.71 bits per heavy atom. The topological polar surface area (TPSA) is 67.8 Å². The fraction of sp³-hybridized carbons (Fsp3) is 0.0455. The van der Waals surface area contributed by atoms with Gasteiger partial charge in [0.1, 0.15) is 5.75 Å². The Morgan fingerprint density at radius 1 is 0.964 bits per heavy atom. The maximum atomic E-state index is 12.4. The Kier molecular flexibility index (Phi) is 6.34. The van der Waals surface area contributed by atoms with Gasteiger partial charge in [0.25, 0.3) is 5.91 Å². The quantitative estimate of drug-likeness (QED) is 0.271. The van der Waals surface area contributed by atoms with Crippen molar-refractivity contribution in [1.29, 1.82) is 0 Å². The molecule has 140 valence electrons. The number of carbonyl (C=O) groups excluding carboxylic acids is 2. The number of benzene rings is 3. The van der Waals surface area contributed by atoms with Crippen molar-refractivity contribution in [2.45, 2.75) is 6.92 Å². The van der Waals surface area contributed by atoms with Crippen molar-refractivity contribution in [1.82, 2.24) is 5.43 Å². The molecule has 0 saturated heterocycles. The van der Waals surface area contributed by atoms with Crippen molar-refractivity contribution < 1.29 is 14.3 Å². The van der Waals surface area contributed by atoms with Crippen LogP contribution in [0.25, 0.3) is 0 Å². The zero-order valence-corrected chi connectivity index (χ0v) is 16.6. The number of esters is 1. The third-order valence-electron chi connectivity index (χ3n) is 3.83. The Bertz CT molecular complexity index is 1030. The van der Waals surface area contributed by atoms with Crippen LogP contribution >= 0.6 is 15.9 Å². The molecule has 0 aliphatic carbocycles. The molecule has 6 heteroatoms. The zero-order chi connectivity index (χ0) is 19.9. The molecule has 0 aromatic heterocycles. The molecule has 0 unspecified atom stereocenters. The highest BCUT2D eigenvalue weighted by Crippen LogP contribution is 2.23. The number of ether oxygens (including phenoxy) is 1. The first-order chi connectivity index (χ1) is 13.5. The highest BCUT2D eigenvalue weighted by atomic mass is 79.9. The summed E-state index contributed by atoms with van der Waals surface area (Å²) in [4.78, 5) is 24.5. The van der Waals surface area contributed by atoms with E-state index in [0.29, 0.717) is 22.4 Å². The lowest BCUT2D eigenvalue weighted by Gasteiger charge is -2.08. The van der Waals surface area contributed by atoms with Gasteiger partial charge in [0.05, 0.1) is 11.8 Å². The monoisotopic (exact) mass is 436 g/mol. The number of nitrogens with zero attached hydrogens (tertiary/aromatic N) is 1. The minimum atomic E-state index is -0.464. The van der Waals surface area contributed by atoms with E-state index in [2.05, 4.69) is 26.5 Å². The van der Waals surface area contributed by atoms with E-state index in [1.165, 1.54) is 6.21 Å². The number of amides is 1. The molecule has 3 rings (SSSR count). The van der Waals surface area contributed by atoms with Gasteiger partial charge in [0.15, 0.2) is 0 Å². The van der Waals surface area contributed by atoms with Crippen molar-refractivity contribution in [2.75, 3.05) is 0 Å². The van der Waals surface area contributed by atoms with E-state index in [1.807, 2.05) is 19.1 Å². The summed E-state index contributed by atoms with van der Waals surface area (Å²) in [5.41, 5.74) is 4.94. The van der Waals surface area contributed by atoms with Gasteiger partial charge in [-0.15, -0.1) is 0 Å². The van der Waals surface area contributed by atoms with E-state index >= 15 is 0 Å². The molecule has 0 radical (unpaired) electrons. The molecule has 1 N–H and O–H groups in total. The summed E-state index contributed by atoms with van der Waals surface area (Å²) in [6.45, 7) is 1.91. The second-order valence-electron chi connectivity index (χ2n) is 6.01. The molecule has 1 amide bonds. The molecule has 0 bridgehead atoms. The Balaban J connectivity index is 1.75. The van der Waals surface area contributed by atoms with Crippen LogP contribution in [-0.2, 0) is 0 Å². The predicted octanol–water partition coefficient (Wildman–Crippen LogP) is 4.74.